The van der Waals surface area contributed by atoms with E-state index in [1.807, 2.05) is 13.8 Å². The lowest BCUT2D eigenvalue weighted by Crippen LogP contribution is -2.19. The SMILES string of the molecule is CC.CN1CCC[C@H](O)CC1. The quantitative estimate of drug-likeness (QED) is 0.579. The van der Waals surface area contributed by atoms with E-state index in [1.165, 1.54) is 0 Å². The van der Waals surface area contributed by atoms with Crippen LogP contribution in [-0.4, -0.2) is 36.2 Å². The number of rotatable bonds is 0. The molecule has 0 aromatic heterocycles. The molecule has 1 aliphatic heterocycles. The average Bonchev–Trinajstić information content (AvgIpc) is 2.20. The Hall–Kier alpha value is -0.0800. The summed E-state index contributed by atoms with van der Waals surface area (Å²) in [6.07, 6.45) is 3.06. The van der Waals surface area contributed by atoms with Crippen molar-refractivity contribution in [3.8, 4) is 0 Å². The second-order valence-electron chi connectivity index (χ2n) is 2.89. The molecular weight excluding hydrogens is 138 g/mol. The minimum Gasteiger partial charge on any atom is -0.393 e. The van der Waals surface area contributed by atoms with Crippen LogP contribution in [0.5, 0.6) is 0 Å². The molecule has 0 amide bonds. The number of aliphatic hydroxyl groups is 1. The first-order valence-electron chi connectivity index (χ1n) is 4.65. The molecule has 0 aromatic carbocycles. The van der Waals surface area contributed by atoms with Crippen LogP contribution in [0.4, 0.5) is 0 Å². The fourth-order valence-electron chi connectivity index (χ4n) is 1.22. The molecule has 1 N–H and O–H groups in total. The normalized spacial score (nSPS) is 26.7. The standard InChI is InChI=1S/C7H15NO.C2H6/c1-8-5-2-3-7(9)4-6-8;1-2/h7,9H,2-6H2,1H3;1-2H3/t7-;/m0./s1. The number of hydrogen-bond donors (Lipinski definition) is 1. The van der Waals surface area contributed by atoms with Gasteiger partial charge in [0.15, 0.2) is 0 Å². The summed E-state index contributed by atoms with van der Waals surface area (Å²) in [5, 5.41) is 9.18. The highest BCUT2D eigenvalue weighted by Crippen LogP contribution is 2.08. The summed E-state index contributed by atoms with van der Waals surface area (Å²) >= 11 is 0. The molecule has 1 aliphatic rings. The molecule has 0 spiro atoms. The smallest absolute Gasteiger partial charge is 0.0553 e. The Bertz CT molecular complexity index is 75.6. The lowest BCUT2D eigenvalue weighted by molar-refractivity contribution is 0.157. The third kappa shape index (κ3) is 5.22. The van der Waals surface area contributed by atoms with E-state index in [0.29, 0.717) is 0 Å². The molecule has 11 heavy (non-hydrogen) atoms. The first-order chi connectivity index (χ1) is 5.29. The number of likely N-dealkylation sites (tertiary alicyclic amines) is 1. The van der Waals surface area contributed by atoms with Gasteiger partial charge in [-0.1, -0.05) is 13.8 Å². The minimum absolute atomic E-state index is 0.0325. The van der Waals surface area contributed by atoms with Gasteiger partial charge in [-0.15, -0.1) is 0 Å². The molecule has 0 unspecified atom stereocenters. The number of aliphatic hydroxyl groups excluding tert-OH is 1. The van der Waals surface area contributed by atoms with Crippen LogP contribution in [-0.2, 0) is 0 Å². The summed E-state index contributed by atoms with van der Waals surface area (Å²) in [5.41, 5.74) is 0. The van der Waals surface area contributed by atoms with Crippen LogP contribution in [0.3, 0.4) is 0 Å². The number of nitrogens with zero attached hydrogens (tertiary/aromatic N) is 1. The zero-order valence-electron chi connectivity index (χ0n) is 8.01. The topological polar surface area (TPSA) is 23.5 Å². The zero-order chi connectivity index (χ0) is 8.69. The Kier molecular flexibility index (Phi) is 6.57. The lowest BCUT2D eigenvalue weighted by atomic mass is 10.2. The van der Waals surface area contributed by atoms with Crippen LogP contribution in [0.1, 0.15) is 33.1 Å². The second kappa shape index (κ2) is 6.62. The van der Waals surface area contributed by atoms with E-state index < -0.39 is 0 Å². The Morgan fingerprint density at radius 1 is 1.18 bits per heavy atom. The highest BCUT2D eigenvalue weighted by atomic mass is 16.3. The zero-order valence-corrected chi connectivity index (χ0v) is 8.01. The van der Waals surface area contributed by atoms with Crippen LogP contribution in [0.2, 0.25) is 0 Å². The number of hydrogen-bond acceptors (Lipinski definition) is 2. The van der Waals surface area contributed by atoms with E-state index in [9.17, 15) is 5.11 Å². The molecule has 0 radical (unpaired) electrons. The molecule has 2 heteroatoms. The van der Waals surface area contributed by atoms with Crippen molar-refractivity contribution in [2.75, 3.05) is 20.1 Å². The molecule has 1 fully saturated rings. The monoisotopic (exact) mass is 159 g/mol. The van der Waals surface area contributed by atoms with Gasteiger partial charge in [0.25, 0.3) is 0 Å². The van der Waals surface area contributed by atoms with Gasteiger partial charge in [-0.3, -0.25) is 0 Å². The van der Waals surface area contributed by atoms with Crippen molar-refractivity contribution in [1.29, 1.82) is 0 Å². The van der Waals surface area contributed by atoms with Gasteiger partial charge in [0.05, 0.1) is 6.10 Å². The third-order valence-electron chi connectivity index (χ3n) is 1.92. The summed E-state index contributed by atoms with van der Waals surface area (Å²) in [5.74, 6) is 0. The van der Waals surface area contributed by atoms with Crippen molar-refractivity contribution in [1.82, 2.24) is 4.90 Å². The maximum Gasteiger partial charge on any atom is 0.0553 e. The van der Waals surface area contributed by atoms with Crippen LogP contribution >= 0.6 is 0 Å². The van der Waals surface area contributed by atoms with E-state index in [1.54, 1.807) is 0 Å². The predicted octanol–water partition coefficient (Wildman–Crippen LogP) is 1.49. The van der Waals surface area contributed by atoms with Gasteiger partial charge in [0, 0.05) is 6.54 Å². The summed E-state index contributed by atoms with van der Waals surface area (Å²) in [7, 11) is 2.11. The Morgan fingerprint density at radius 3 is 2.45 bits per heavy atom. The molecule has 0 aliphatic carbocycles. The molecule has 2 nitrogen and oxygen atoms in total. The molecule has 0 saturated carbocycles. The van der Waals surface area contributed by atoms with Crippen molar-refractivity contribution in [3.63, 3.8) is 0 Å². The van der Waals surface area contributed by atoms with Crippen LogP contribution in [0, 0.1) is 0 Å². The Labute approximate surface area is 70.2 Å². The van der Waals surface area contributed by atoms with Crippen LogP contribution in [0.15, 0.2) is 0 Å². The largest absolute Gasteiger partial charge is 0.393 e. The van der Waals surface area contributed by atoms with E-state index in [0.717, 1.165) is 32.4 Å². The summed E-state index contributed by atoms with van der Waals surface area (Å²) < 4.78 is 0. The van der Waals surface area contributed by atoms with E-state index in [2.05, 4.69) is 11.9 Å². The maximum absolute atomic E-state index is 9.18. The first kappa shape index (κ1) is 10.9. The predicted molar refractivity (Wildman–Crippen MR) is 48.7 cm³/mol. The summed E-state index contributed by atoms with van der Waals surface area (Å²) in [6, 6.07) is 0. The average molecular weight is 159 g/mol. The van der Waals surface area contributed by atoms with Gasteiger partial charge >= 0.3 is 0 Å². The molecule has 68 valence electrons. The van der Waals surface area contributed by atoms with Gasteiger partial charge in [-0.2, -0.15) is 0 Å². The molecule has 1 rings (SSSR count). The minimum atomic E-state index is -0.0325. The lowest BCUT2D eigenvalue weighted by Gasteiger charge is -2.10. The van der Waals surface area contributed by atoms with Crippen LogP contribution < -0.4 is 0 Å². The van der Waals surface area contributed by atoms with Crippen molar-refractivity contribution in [3.05, 3.63) is 0 Å². The van der Waals surface area contributed by atoms with Crippen LogP contribution in [0.25, 0.3) is 0 Å². The van der Waals surface area contributed by atoms with Gasteiger partial charge < -0.3 is 10.0 Å². The van der Waals surface area contributed by atoms with Gasteiger partial charge in [0.2, 0.25) is 0 Å². The maximum atomic E-state index is 9.18. The Balaban J connectivity index is 0.000000461. The summed E-state index contributed by atoms with van der Waals surface area (Å²) in [4.78, 5) is 2.27. The summed E-state index contributed by atoms with van der Waals surface area (Å²) in [6.45, 7) is 6.21. The molecule has 1 heterocycles. The highest BCUT2D eigenvalue weighted by molar-refractivity contribution is 4.65. The second-order valence-corrected chi connectivity index (χ2v) is 2.89. The van der Waals surface area contributed by atoms with Gasteiger partial charge in [-0.25, -0.2) is 0 Å². The van der Waals surface area contributed by atoms with Gasteiger partial charge in [0.1, 0.15) is 0 Å². The molecule has 0 aromatic rings. The van der Waals surface area contributed by atoms with E-state index in [4.69, 9.17) is 0 Å². The highest BCUT2D eigenvalue weighted by Gasteiger charge is 2.10. The van der Waals surface area contributed by atoms with Crippen molar-refractivity contribution < 1.29 is 5.11 Å². The fourth-order valence-corrected chi connectivity index (χ4v) is 1.22. The van der Waals surface area contributed by atoms with E-state index >= 15 is 0 Å². The fraction of sp³-hybridized carbons (Fsp3) is 1.00. The van der Waals surface area contributed by atoms with E-state index in [-0.39, 0.29) is 6.10 Å². The van der Waals surface area contributed by atoms with Crippen molar-refractivity contribution >= 4 is 0 Å². The first-order valence-corrected chi connectivity index (χ1v) is 4.65. The molecule has 1 atom stereocenters. The Morgan fingerprint density at radius 2 is 1.82 bits per heavy atom. The third-order valence-corrected chi connectivity index (χ3v) is 1.92. The van der Waals surface area contributed by atoms with Crippen molar-refractivity contribution in [2.45, 2.75) is 39.2 Å². The van der Waals surface area contributed by atoms with Gasteiger partial charge in [-0.05, 0) is 32.9 Å². The molecule has 0 bridgehead atoms. The van der Waals surface area contributed by atoms with Crippen molar-refractivity contribution in [2.24, 2.45) is 0 Å². The molecule has 1 saturated heterocycles. The molecular formula is C9H21NO.